The van der Waals surface area contributed by atoms with E-state index in [4.69, 9.17) is 0 Å². The van der Waals surface area contributed by atoms with Gasteiger partial charge in [-0.15, -0.1) is 0 Å². The van der Waals surface area contributed by atoms with Crippen molar-refractivity contribution in [2.75, 3.05) is 5.32 Å². The first-order valence-corrected chi connectivity index (χ1v) is 6.14. The number of hydrogen-bond acceptors (Lipinski definition) is 1. The highest BCUT2D eigenvalue weighted by molar-refractivity contribution is 5.95. The van der Waals surface area contributed by atoms with E-state index >= 15 is 0 Å². The molecule has 1 nitrogen and oxygen atoms in total. The van der Waals surface area contributed by atoms with Crippen LogP contribution >= 0.6 is 0 Å². The van der Waals surface area contributed by atoms with E-state index < -0.39 is 0 Å². The van der Waals surface area contributed by atoms with E-state index in [1.165, 1.54) is 16.3 Å². The van der Waals surface area contributed by atoms with Crippen LogP contribution in [0.15, 0.2) is 66.7 Å². The summed E-state index contributed by atoms with van der Waals surface area (Å²) in [7, 11) is 0. The molecule has 0 bridgehead atoms. The molecule has 3 aromatic rings. The molecular weight excluding hydrogens is 218 g/mol. The molecule has 0 aliphatic carbocycles. The van der Waals surface area contributed by atoms with Crippen LogP contribution in [0.5, 0.6) is 0 Å². The second kappa shape index (κ2) is 4.53. The monoisotopic (exact) mass is 233 g/mol. The van der Waals surface area contributed by atoms with E-state index in [0.717, 1.165) is 11.4 Å². The van der Waals surface area contributed by atoms with Gasteiger partial charge in [0.15, 0.2) is 0 Å². The summed E-state index contributed by atoms with van der Waals surface area (Å²) in [5.41, 5.74) is 3.55. The Bertz CT molecular complexity index is 681. The van der Waals surface area contributed by atoms with Crippen molar-refractivity contribution in [3.05, 3.63) is 72.3 Å². The van der Waals surface area contributed by atoms with Gasteiger partial charge in [0.1, 0.15) is 0 Å². The zero-order chi connectivity index (χ0) is 12.4. The Kier molecular flexibility index (Phi) is 2.73. The molecule has 0 aromatic heterocycles. The lowest BCUT2D eigenvalue weighted by molar-refractivity contribution is 1.45. The van der Waals surface area contributed by atoms with Crippen molar-refractivity contribution in [2.45, 2.75) is 6.92 Å². The first-order chi connectivity index (χ1) is 8.83. The molecule has 0 unspecified atom stereocenters. The predicted molar refractivity (Wildman–Crippen MR) is 78.4 cm³/mol. The van der Waals surface area contributed by atoms with Gasteiger partial charge < -0.3 is 5.32 Å². The molecule has 0 aliphatic heterocycles. The number of anilines is 2. The van der Waals surface area contributed by atoms with Crippen molar-refractivity contribution in [1.29, 1.82) is 0 Å². The maximum absolute atomic E-state index is 3.49. The van der Waals surface area contributed by atoms with Crippen molar-refractivity contribution >= 4 is 22.1 Å². The highest BCUT2D eigenvalue weighted by Gasteiger charge is 2.00. The number of nitrogens with one attached hydrogen (secondary N) is 1. The summed E-state index contributed by atoms with van der Waals surface area (Å²) in [4.78, 5) is 0. The molecule has 18 heavy (non-hydrogen) atoms. The topological polar surface area (TPSA) is 12.0 Å². The zero-order valence-electron chi connectivity index (χ0n) is 10.4. The molecule has 0 fully saturated rings. The van der Waals surface area contributed by atoms with Crippen molar-refractivity contribution in [1.82, 2.24) is 0 Å². The summed E-state index contributed by atoms with van der Waals surface area (Å²) in [5, 5.41) is 6.00. The van der Waals surface area contributed by atoms with E-state index in [1.54, 1.807) is 0 Å². The van der Waals surface area contributed by atoms with Crippen LogP contribution in [0, 0.1) is 6.92 Å². The summed E-state index contributed by atoms with van der Waals surface area (Å²) >= 11 is 0. The Morgan fingerprint density at radius 2 is 1.56 bits per heavy atom. The fourth-order valence-electron chi connectivity index (χ4n) is 2.21. The van der Waals surface area contributed by atoms with Crippen LogP contribution in [0.3, 0.4) is 0 Å². The van der Waals surface area contributed by atoms with Crippen molar-refractivity contribution in [3.63, 3.8) is 0 Å². The lowest BCUT2D eigenvalue weighted by atomic mass is 10.1. The molecular formula is C17H15N. The number of rotatable bonds is 2. The van der Waals surface area contributed by atoms with Gasteiger partial charge in [-0.1, -0.05) is 48.5 Å². The van der Waals surface area contributed by atoms with E-state index in [-0.39, 0.29) is 0 Å². The Morgan fingerprint density at radius 1 is 0.778 bits per heavy atom. The van der Waals surface area contributed by atoms with Gasteiger partial charge >= 0.3 is 0 Å². The maximum Gasteiger partial charge on any atom is 0.0463 e. The van der Waals surface area contributed by atoms with Gasteiger partial charge in [0.05, 0.1) is 0 Å². The minimum absolute atomic E-state index is 1.13. The fraction of sp³-hybridized carbons (Fsp3) is 0.0588. The third kappa shape index (κ3) is 2.07. The van der Waals surface area contributed by atoms with Crippen LogP contribution in [0.25, 0.3) is 10.8 Å². The summed E-state index contributed by atoms with van der Waals surface area (Å²) < 4.78 is 0. The van der Waals surface area contributed by atoms with Crippen LogP contribution in [0.1, 0.15) is 5.56 Å². The molecule has 0 aliphatic rings. The molecule has 0 amide bonds. The van der Waals surface area contributed by atoms with Gasteiger partial charge in [-0.3, -0.25) is 0 Å². The normalized spacial score (nSPS) is 10.5. The van der Waals surface area contributed by atoms with Gasteiger partial charge in [-0.25, -0.2) is 0 Å². The molecule has 0 saturated heterocycles. The van der Waals surface area contributed by atoms with E-state index in [1.807, 2.05) is 0 Å². The van der Waals surface area contributed by atoms with Crippen LogP contribution in [-0.4, -0.2) is 0 Å². The molecule has 88 valence electrons. The highest BCUT2D eigenvalue weighted by Crippen LogP contribution is 2.26. The van der Waals surface area contributed by atoms with Crippen molar-refractivity contribution < 1.29 is 0 Å². The van der Waals surface area contributed by atoms with Gasteiger partial charge in [-0.05, 0) is 36.1 Å². The standard InChI is InChI=1S/C17H15N/c1-13-6-4-9-15(12-13)18-17-11-5-8-14-7-2-3-10-16(14)17/h2-12,18H,1H3. The molecule has 0 saturated carbocycles. The molecule has 0 atom stereocenters. The molecule has 0 heterocycles. The SMILES string of the molecule is Cc1cccc(Nc2cccc3ccccc23)c1. The van der Waals surface area contributed by atoms with E-state index in [9.17, 15) is 0 Å². The van der Waals surface area contributed by atoms with Crippen LogP contribution in [0.2, 0.25) is 0 Å². The molecule has 1 heteroatoms. The Labute approximate surface area is 107 Å². The average molecular weight is 233 g/mol. The quantitative estimate of drug-likeness (QED) is 0.664. The summed E-state index contributed by atoms with van der Waals surface area (Å²) in [6, 6.07) is 23.2. The second-order valence-electron chi connectivity index (χ2n) is 4.52. The highest BCUT2D eigenvalue weighted by atomic mass is 14.9. The van der Waals surface area contributed by atoms with Crippen molar-refractivity contribution in [2.24, 2.45) is 0 Å². The molecule has 0 spiro atoms. The third-order valence-corrected chi connectivity index (χ3v) is 3.09. The minimum Gasteiger partial charge on any atom is -0.355 e. The largest absolute Gasteiger partial charge is 0.355 e. The fourth-order valence-corrected chi connectivity index (χ4v) is 2.21. The average Bonchev–Trinajstić information content (AvgIpc) is 2.39. The van der Waals surface area contributed by atoms with Gasteiger partial charge in [-0.2, -0.15) is 0 Å². The van der Waals surface area contributed by atoms with E-state index in [0.29, 0.717) is 0 Å². The number of hydrogen-bond donors (Lipinski definition) is 1. The second-order valence-corrected chi connectivity index (χ2v) is 4.52. The molecule has 3 aromatic carbocycles. The minimum atomic E-state index is 1.13. The molecule has 0 radical (unpaired) electrons. The van der Waals surface area contributed by atoms with Crippen LogP contribution in [-0.2, 0) is 0 Å². The van der Waals surface area contributed by atoms with Gasteiger partial charge in [0, 0.05) is 16.8 Å². The zero-order valence-corrected chi connectivity index (χ0v) is 10.4. The Balaban J connectivity index is 2.05. The summed E-state index contributed by atoms with van der Waals surface area (Å²) in [5.74, 6) is 0. The number of benzene rings is 3. The van der Waals surface area contributed by atoms with Crippen molar-refractivity contribution in [3.8, 4) is 0 Å². The first kappa shape index (κ1) is 10.8. The number of aryl methyl sites for hydroxylation is 1. The van der Waals surface area contributed by atoms with Crippen LogP contribution in [0.4, 0.5) is 11.4 Å². The summed E-state index contributed by atoms with van der Waals surface area (Å²) in [6.07, 6.45) is 0. The lowest BCUT2D eigenvalue weighted by Gasteiger charge is -2.10. The third-order valence-electron chi connectivity index (χ3n) is 3.09. The number of fused-ring (bicyclic) bond motifs is 1. The molecule has 3 rings (SSSR count). The van der Waals surface area contributed by atoms with Gasteiger partial charge in [0.25, 0.3) is 0 Å². The molecule has 1 N–H and O–H groups in total. The lowest BCUT2D eigenvalue weighted by Crippen LogP contribution is -1.91. The Hall–Kier alpha value is -2.28. The van der Waals surface area contributed by atoms with E-state index in [2.05, 4.69) is 79.0 Å². The Morgan fingerprint density at radius 3 is 2.44 bits per heavy atom. The first-order valence-electron chi connectivity index (χ1n) is 6.14. The van der Waals surface area contributed by atoms with Gasteiger partial charge in [0.2, 0.25) is 0 Å². The smallest absolute Gasteiger partial charge is 0.0463 e. The summed E-state index contributed by atoms with van der Waals surface area (Å²) in [6.45, 7) is 2.11. The van der Waals surface area contributed by atoms with Crippen LogP contribution < -0.4 is 5.32 Å². The predicted octanol–water partition coefficient (Wildman–Crippen LogP) is 4.89. The maximum atomic E-state index is 3.49.